The molecule has 4 aromatic rings. The van der Waals surface area contributed by atoms with Crippen molar-refractivity contribution in [2.24, 2.45) is 4.99 Å². The number of carbonyl (C=O) groups excluding carboxylic acids is 1. The van der Waals surface area contributed by atoms with Gasteiger partial charge in [-0.05, 0) is 35.8 Å². The van der Waals surface area contributed by atoms with Crippen molar-refractivity contribution in [1.82, 2.24) is 4.57 Å². The van der Waals surface area contributed by atoms with Gasteiger partial charge in [0.25, 0.3) is 11.2 Å². The Morgan fingerprint density at radius 2 is 1.95 bits per heavy atom. The van der Waals surface area contributed by atoms with Crippen LogP contribution in [0.15, 0.2) is 81.4 Å². The van der Waals surface area contributed by atoms with E-state index in [1.807, 2.05) is 47.8 Å². The fraction of sp³-hybridized carbons (Fsp3) is 0.115. The van der Waals surface area contributed by atoms with Gasteiger partial charge in [-0.1, -0.05) is 59.9 Å². The summed E-state index contributed by atoms with van der Waals surface area (Å²) < 4.78 is 6.97. The van der Waals surface area contributed by atoms with Gasteiger partial charge in [-0.25, -0.2) is 9.79 Å². The van der Waals surface area contributed by atoms with E-state index >= 15 is 0 Å². The van der Waals surface area contributed by atoms with E-state index < -0.39 is 33.9 Å². The Morgan fingerprint density at radius 1 is 1.16 bits per heavy atom. The van der Waals surface area contributed by atoms with E-state index in [-0.39, 0.29) is 22.3 Å². The van der Waals surface area contributed by atoms with Crippen LogP contribution < -0.4 is 20.0 Å². The Hall–Kier alpha value is -4.35. The number of nitro benzene ring substituents is 1. The maximum Gasteiger partial charge on any atom is 0.338 e. The highest BCUT2D eigenvalue weighted by Crippen LogP contribution is 2.37. The summed E-state index contributed by atoms with van der Waals surface area (Å²) in [5.41, 5.74) is 0.278. The Balaban J connectivity index is 1.81. The average Bonchev–Trinajstić information content (AvgIpc) is 3.53. The molecule has 0 unspecified atom stereocenters. The first kappa shape index (κ1) is 24.3. The van der Waals surface area contributed by atoms with Gasteiger partial charge in [0.15, 0.2) is 4.80 Å². The van der Waals surface area contributed by atoms with E-state index in [1.165, 1.54) is 34.1 Å². The smallest absolute Gasteiger partial charge is 0.338 e. The van der Waals surface area contributed by atoms with Crippen LogP contribution in [0.3, 0.4) is 0 Å². The molecule has 0 spiro atoms. The summed E-state index contributed by atoms with van der Waals surface area (Å²) in [5.74, 6) is -1.37. The second-order valence-electron chi connectivity index (χ2n) is 7.90. The first-order valence-corrected chi connectivity index (χ1v) is 12.9. The fourth-order valence-electron chi connectivity index (χ4n) is 4.10. The molecule has 0 fully saturated rings. The minimum Gasteiger partial charge on any atom is -0.867 e. The van der Waals surface area contributed by atoms with Crippen LogP contribution in [0.2, 0.25) is 0 Å². The Morgan fingerprint density at radius 3 is 2.62 bits per heavy atom. The van der Waals surface area contributed by atoms with Crippen molar-refractivity contribution in [3.8, 4) is 5.75 Å². The summed E-state index contributed by atoms with van der Waals surface area (Å²) >= 11 is 2.43. The Labute approximate surface area is 217 Å². The molecule has 11 heteroatoms. The van der Waals surface area contributed by atoms with Gasteiger partial charge in [-0.15, -0.1) is 11.3 Å². The molecular weight excluding hydrogens is 514 g/mol. The molecule has 0 bridgehead atoms. The summed E-state index contributed by atoms with van der Waals surface area (Å²) in [5, 5.41) is 25.7. The molecule has 3 heterocycles. The van der Waals surface area contributed by atoms with E-state index in [0.29, 0.717) is 16.1 Å². The lowest BCUT2D eigenvalue weighted by molar-refractivity contribution is -0.398. The molecule has 1 atom stereocenters. The molecule has 0 radical (unpaired) electrons. The summed E-state index contributed by atoms with van der Waals surface area (Å²) in [4.78, 5) is 43.2. The lowest BCUT2D eigenvalue weighted by atomic mass is 9.97. The van der Waals surface area contributed by atoms with Crippen molar-refractivity contribution in [1.29, 1.82) is 0 Å². The number of fused-ring (bicyclic) bond motifs is 1. The Kier molecular flexibility index (Phi) is 6.55. The lowest BCUT2D eigenvalue weighted by Crippen LogP contribution is -2.39. The van der Waals surface area contributed by atoms with Crippen LogP contribution in [0.5, 0.6) is 5.75 Å². The number of benzene rings is 2. The SMILES string of the molecule is CCOC(=O)C1=C(c2ccccc2)N=c2s/c(=C/c3cccc([N+](=O)[O-])c3[O-])c(=O)n2[C@H]1c1cccs1. The van der Waals surface area contributed by atoms with Gasteiger partial charge in [0, 0.05) is 16.5 Å². The average molecular weight is 533 g/mol. The summed E-state index contributed by atoms with van der Waals surface area (Å²) in [6.45, 7) is 1.85. The number of rotatable bonds is 6. The fourth-order valence-corrected chi connectivity index (χ4v) is 5.91. The van der Waals surface area contributed by atoms with Gasteiger partial charge in [0.05, 0.1) is 27.3 Å². The number of nitro groups is 1. The highest BCUT2D eigenvalue weighted by atomic mass is 32.1. The van der Waals surface area contributed by atoms with Crippen molar-refractivity contribution >= 4 is 46.1 Å². The minimum absolute atomic E-state index is 0.0139. The van der Waals surface area contributed by atoms with E-state index in [9.17, 15) is 24.8 Å². The van der Waals surface area contributed by atoms with Crippen molar-refractivity contribution < 1.29 is 19.6 Å². The van der Waals surface area contributed by atoms with Crippen LogP contribution in [-0.2, 0) is 9.53 Å². The van der Waals surface area contributed by atoms with Crippen molar-refractivity contribution in [3.05, 3.63) is 117 Å². The molecule has 0 aliphatic carbocycles. The standard InChI is InChI=1S/C26H19N3O6S2/c1-2-35-25(32)20-21(15-8-4-3-5-9-15)27-26-28(22(20)18-12-7-13-36-18)24(31)19(37-26)14-16-10-6-11-17(23(16)30)29(33)34/h3-14,22,30H,2H2,1H3/p-1/b19-14+/t22-/m0/s1. The summed E-state index contributed by atoms with van der Waals surface area (Å²) in [7, 11) is 0. The van der Waals surface area contributed by atoms with Crippen LogP contribution in [-0.4, -0.2) is 22.1 Å². The molecule has 2 aromatic carbocycles. The second kappa shape index (κ2) is 9.96. The molecule has 1 aliphatic rings. The zero-order valence-corrected chi connectivity index (χ0v) is 21.0. The number of hydrogen-bond donors (Lipinski definition) is 0. The predicted molar refractivity (Wildman–Crippen MR) is 138 cm³/mol. The van der Waals surface area contributed by atoms with Crippen LogP contribution in [0, 0.1) is 10.1 Å². The number of nitrogens with zero attached hydrogens (tertiary/aromatic N) is 3. The molecule has 5 rings (SSSR count). The normalized spacial score (nSPS) is 15.3. The van der Waals surface area contributed by atoms with Gasteiger partial charge in [-0.3, -0.25) is 19.5 Å². The second-order valence-corrected chi connectivity index (χ2v) is 9.89. The minimum atomic E-state index is -0.801. The third kappa shape index (κ3) is 4.39. The molecule has 0 N–H and O–H groups in total. The van der Waals surface area contributed by atoms with Crippen molar-refractivity contribution in [2.75, 3.05) is 6.61 Å². The summed E-state index contributed by atoms with van der Waals surface area (Å²) in [6.07, 6.45) is 1.33. The number of aromatic nitrogens is 1. The number of carbonyl (C=O) groups is 1. The topological polar surface area (TPSA) is 127 Å². The first-order valence-electron chi connectivity index (χ1n) is 11.2. The number of ether oxygens (including phenoxy) is 1. The van der Waals surface area contributed by atoms with E-state index in [0.717, 1.165) is 22.3 Å². The third-order valence-electron chi connectivity index (χ3n) is 5.69. The third-order valence-corrected chi connectivity index (χ3v) is 7.60. The largest absolute Gasteiger partial charge is 0.867 e. The maximum absolute atomic E-state index is 13.7. The zero-order chi connectivity index (χ0) is 26.1. The Bertz CT molecular complexity index is 1720. The molecular formula is C26H18N3O6S2-. The van der Waals surface area contributed by atoms with Crippen LogP contribution in [0.4, 0.5) is 5.69 Å². The van der Waals surface area contributed by atoms with E-state index in [4.69, 9.17) is 9.73 Å². The molecule has 186 valence electrons. The van der Waals surface area contributed by atoms with Crippen molar-refractivity contribution in [3.63, 3.8) is 0 Å². The number of hydrogen-bond acceptors (Lipinski definition) is 9. The van der Waals surface area contributed by atoms with Gasteiger partial charge >= 0.3 is 5.97 Å². The highest BCUT2D eigenvalue weighted by Gasteiger charge is 2.35. The molecule has 0 saturated heterocycles. The summed E-state index contributed by atoms with van der Waals surface area (Å²) in [6, 6.07) is 15.9. The number of esters is 1. The molecule has 0 amide bonds. The molecule has 1 aliphatic heterocycles. The number of para-hydroxylation sites is 1. The quantitative estimate of drug-likeness (QED) is 0.213. The van der Waals surface area contributed by atoms with Gasteiger partial charge in [0.2, 0.25) is 0 Å². The molecule has 0 saturated carbocycles. The number of thiazole rings is 1. The first-order chi connectivity index (χ1) is 17.9. The molecule has 37 heavy (non-hydrogen) atoms. The van der Waals surface area contributed by atoms with Crippen molar-refractivity contribution in [2.45, 2.75) is 13.0 Å². The zero-order valence-electron chi connectivity index (χ0n) is 19.3. The van der Waals surface area contributed by atoms with Crippen LogP contribution >= 0.6 is 22.7 Å². The van der Waals surface area contributed by atoms with Gasteiger partial charge in [-0.2, -0.15) is 0 Å². The van der Waals surface area contributed by atoms with E-state index in [1.54, 1.807) is 6.92 Å². The van der Waals surface area contributed by atoms with Gasteiger partial charge < -0.3 is 9.84 Å². The predicted octanol–water partition coefficient (Wildman–Crippen LogP) is 2.98. The van der Waals surface area contributed by atoms with Crippen LogP contribution in [0.25, 0.3) is 11.8 Å². The highest BCUT2D eigenvalue weighted by molar-refractivity contribution is 7.10. The van der Waals surface area contributed by atoms with E-state index in [2.05, 4.69) is 0 Å². The number of thiophene rings is 1. The van der Waals surface area contributed by atoms with Gasteiger partial charge in [0.1, 0.15) is 6.04 Å². The van der Waals surface area contributed by atoms with Crippen LogP contribution in [0.1, 0.15) is 29.0 Å². The monoisotopic (exact) mass is 532 g/mol. The maximum atomic E-state index is 13.7. The molecule has 9 nitrogen and oxygen atoms in total. The lowest BCUT2D eigenvalue weighted by Gasteiger charge is -2.24. The molecule has 2 aromatic heterocycles.